The molecule has 0 saturated carbocycles. The molecule has 15 heavy (non-hydrogen) atoms. The summed E-state index contributed by atoms with van der Waals surface area (Å²) < 4.78 is 0. The molecule has 74 valence electrons. The van der Waals surface area contributed by atoms with Crippen molar-refractivity contribution in [1.29, 1.82) is 5.26 Å². The maximum Gasteiger partial charge on any atom is 0.0687 e. The number of aliphatic hydroxyl groups is 1. The number of hydrogen-bond acceptors (Lipinski definition) is 2. The van der Waals surface area contributed by atoms with Crippen LogP contribution >= 0.6 is 0 Å². The molecule has 0 aliphatic heterocycles. The Morgan fingerprint density at radius 3 is 2.20 bits per heavy atom. The summed E-state index contributed by atoms with van der Waals surface area (Å²) >= 11 is 0. The lowest BCUT2D eigenvalue weighted by atomic mass is 9.98. The van der Waals surface area contributed by atoms with Gasteiger partial charge in [-0.15, -0.1) is 0 Å². The third-order valence-corrected chi connectivity index (χ3v) is 2.54. The van der Waals surface area contributed by atoms with Crippen LogP contribution in [0.15, 0.2) is 36.4 Å². The van der Waals surface area contributed by atoms with Crippen molar-refractivity contribution in [3.63, 3.8) is 0 Å². The van der Waals surface area contributed by atoms with E-state index < -0.39 is 0 Å². The fourth-order valence-corrected chi connectivity index (χ4v) is 1.80. The maximum absolute atomic E-state index is 9.19. The van der Waals surface area contributed by atoms with Crippen molar-refractivity contribution in [2.24, 2.45) is 0 Å². The molecule has 0 aliphatic carbocycles. The largest absolute Gasteiger partial charge is 0.392 e. The minimum atomic E-state index is 0.0351. The van der Waals surface area contributed by atoms with Crippen molar-refractivity contribution < 1.29 is 5.11 Å². The second kappa shape index (κ2) is 4.12. The van der Waals surface area contributed by atoms with Gasteiger partial charge in [-0.2, -0.15) is 5.26 Å². The van der Waals surface area contributed by atoms with E-state index in [2.05, 4.69) is 6.07 Å². The second-order valence-electron chi connectivity index (χ2n) is 3.42. The molecular weight excluding hydrogens is 186 g/mol. The number of nitriles is 1. The van der Waals surface area contributed by atoms with E-state index in [1.807, 2.05) is 36.4 Å². The molecule has 0 radical (unpaired) electrons. The zero-order valence-electron chi connectivity index (χ0n) is 8.27. The molecule has 0 unspecified atom stereocenters. The first-order valence-corrected chi connectivity index (χ1v) is 4.84. The highest BCUT2D eigenvalue weighted by Gasteiger charge is 2.03. The smallest absolute Gasteiger partial charge is 0.0687 e. The maximum atomic E-state index is 9.19. The lowest BCUT2D eigenvalue weighted by Crippen LogP contribution is -1.90. The molecule has 0 saturated heterocycles. The monoisotopic (exact) mass is 197 g/mol. The van der Waals surface area contributed by atoms with Gasteiger partial charge in [0.25, 0.3) is 0 Å². The Labute approximate surface area is 88.4 Å². The van der Waals surface area contributed by atoms with Gasteiger partial charge in [-0.3, -0.25) is 0 Å². The third kappa shape index (κ3) is 1.70. The summed E-state index contributed by atoms with van der Waals surface area (Å²) in [6, 6.07) is 13.8. The Bertz CT molecular complexity index is 526. The summed E-state index contributed by atoms with van der Waals surface area (Å²) in [6.45, 7) is 0.0351. The van der Waals surface area contributed by atoms with Crippen molar-refractivity contribution >= 4 is 10.8 Å². The summed E-state index contributed by atoms with van der Waals surface area (Å²) in [4.78, 5) is 0. The van der Waals surface area contributed by atoms with Gasteiger partial charge in [-0.1, -0.05) is 36.4 Å². The Morgan fingerprint density at radius 1 is 1.00 bits per heavy atom. The average Bonchev–Trinajstić information content (AvgIpc) is 2.30. The quantitative estimate of drug-likeness (QED) is 0.803. The topological polar surface area (TPSA) is 44.0 Å². The first-order valence-electron chi connectivity index (χ1n) is 4.84. The molecule has 0 heterocycles. The number of hydrogen-bond donors (Lipinski definition) is 1. The van der Waals surface area contributed by atoms with Crippen LogP contribution in [0.3, 0.4) is 0 Å². The summed E-state index contributed by atoms with van der Waals surface area (Å²) in [5.41, 5.74) is 1.93. The van der Waals surface area contributed by atoms with Crippen molar-refractivity contribution in [3.8, 4) is 6.07 Å². The number of aliphatic hydroxyl groups excluding tert-OH is 1. The predicted octanol–water partition coefficient (Wildman–Crippen LogP) is 2.40. The van der Waals surface area contributed by atoms with Gasteiger partial charge in [0.15, 0.2) is 0 Å². The van der Waals surface area contributed by atoms with E-state index >= 15 is 0 Å². The summed E-state index contributed by atoms with van der Waals surface area (Å²) in [6.07, 6.45) is 0.409. The zero-order chi connectivity index (χ0) is 10.7. The number of nitrogens with zero attached hydrogens (tertiary/aromatic N) is 1. The molecule has 0 aromatic heterocycles. The molecule has 0 fully saturated rings. The van der Waals surface area contributed by atoms with Crippen LogP contribution in [0.4, 0.5) is 0 Å². The lowest BCUT2D eigenvalue weighted by molar-refractivity contribution is 0.283. The standard InChI is InChI=1S/C13H11NO/c14-8-7-10-5-6-11(9-15)13-4-2-1-3-12(10)13/h1-6,15H,7,9H2. The first kappa shape index (κ1) is 9.70. The number of benzene rings is 2. The van der Waals surface area contributed by atoms with E-state index in [9.17, 15) is 5.11 Å². The van der Waals surface area contributed by atoms with Gasteiger partial charge in [0, 0.05) is 0 Å². The fourth-order valence-electron chi connectivity index (χ4n) is 1.80. The van der Waals surface area contributed by atoms with Gasteiger partial charge < -0.3 is 5.11 Å². The normalized spacial score (nSPS) is 10.1. The molecule has 0 spiro atoms. The minimum Gasteiger partial charge on any atom is -0.392 e. The van der Waals surface area contributed by atoms with Gasteiger partial charge >= 0.3 is 0 Å². The van der Waals surface area contributed by atoms with Crippen LogP contribution in [0, 0.1) is 11.3 Å². The highest BCUT2D eigenvalue weighted by Crippen LogP contribution is 2.23. The molecule has 0 bridgehead atoms. The zero-order valence-corrected chi connectivity index (χ0v) is 8.27. The molecule has 0 amide bonds. The molecule has 2 nitrogen and oxygen atoms in total. The Balaban J connectivity index is 2.72. The van der Waals surface area contributed by atoms with E-state index in [0.29, 0.717) is 6.42 Å². The van der Waals surface area contributed by atoms with Gasteiger partial charge in [-0.25, -0.2) is 0 Å². The van der Waals surface area contributed by atoms with E-state index in [0.717, 1.165) is 21.9 Å². The second-order valence-corrected chi connectivity index (χ2v) is 3.42. The van der Waals surface area contributed by atoms with Crippen LogP contribution in [-0.4, -0.2) is 5.11 Å². The van der Waals surface area contributed by atoms with Crippen molar-refractivity contribution in [2.45, 2.75) is 13.0 Å². The Hall–Kier alpha value is -1.85. The molecular formula is C13H11NO. The molecule has 2 heteroatoms. The summed E-state index contributed by atoms with van der Waals surface area (Å²) in [7, 11) is 0. The fraction of sp³-hybridized carbons (Fsp3) is 0.154. The average molecular weight is 197 g/mol. The van der Waals surface area contributed by atoms with Crippen LogP contribution in [0.2, 0.25) is 0 Å². The Morgan fingerprint density at radius 2 is 1.60 bits per heavy atom. The molecule has 0 aliphatic rings. The molecule has 0 atom stereocenters. The first-order chi connectivity index (χ1) is 7.36. The van der Waals surface area contributed by atoms with Gasteiger partial charge in [0.2, 0.25) is 0 Å². The van der Waals surface area contributed by atoms with Crippen LogP contribution in [0.5, 0.6) is 0 Å². The minimum absolute atomic E-state index is 0.0351. The van der Waals surface area contributed by atoms with Gasteiger partial charge in [-0.05, 0) is 21.9 Å². The van der Waals surface area contributed by atoms with E-state index in [4.69, 9.17) is 5.26 Å². The van der Waals surface area contributed by atoms with E-state index in [1.165, 1.54) is 0 Å². The molecule has 2 rings (SSSR count). The molecule has 1 N–H and O–H groups in total. The van der Waals surface area contributed by atoms with E-state index in [-0.39, 0.29) is 6.61 Å². The van der Waals surface area contributed by atoms with Gasteiger partial charge in [0.1, 0.15) is 0 Å². The lowest BCUT2D eigenvalue weighted by Gasteiger charge is -2.07. The highest BCUT2D eigenvalue weighted by atomic mass is 16.3. The van der Waals surface area contributed by atoms with Crippen molar-refractivity contribution in [3.05, 3.63) is 47.5 Å². The Kier molecular flexibility index (Phi) is 2.66. The van der Waals surface area contributed by atoms with E-state index in [1.54, 1.807) is 0 Å². The van der Waals surface area contributed by atoms with Crippen molar-refractivity contribution in [2.75, 3.05) is 0 Å². The van der Waals surface area contributed by atoms with Crippen LogP contribution in [0.1, 0.15) is 11.1 Å². The highest BCUT2D eigenvalue weighted by molar-refractivity contribution is 5.88. The summed E-state index contributed by atoms with van der Waals surface area (Å²) in [5.74, 6) is 0. The van der Waals surface area contributed by atoms with Crippen LogP contribution < -0.4 is 0 Å². The molecule has 2 aromatic rings. The number of fused-ring (bicyclic) bond motifs is 1. The third-order valence-electron chi connectivity index (χ3n) is 2.54. The van der Waals surface area contributed by atoms with Gasteiger partial charge in [0.05, 0.1) is 19.1 Å². The van der Waals surface area contributed by atoms with Crippen molar-refractivity contribution in [1.82, 2.24) is 0 Å². The SMILES string of the molecule is N#CCc1ccc(CO)c2ccccc12. The van der Waals surface area contributed by atoms with Crippen LogP contribution in [-0.2, 0) is 13.0 Å². The predicted molar refractivity (Wildman–Crippen MR) is 59.2 cm³/mol. The van der Waals surface area contributed by atoms with Crippen LogP contribution in [0.25, 0.3) is 10.8 Å². The molecule has 2 aromatic carbocycles. The summed E-state index contributed by atoms with van der Waals surface area (Å²) in [5, 5.41) is 20.0. The number of rotatable bonds is 2.